The molecule has 0 aliphatic rings. The van der Waals surface area contributed by atoms with Gasteiger partial charge in [0.2, 0.25) is 11.9 Å². The van der Waals surface area contributed by atoms with E-state index in [1.165, 1.54) is 17.3 Å². The fourth-order valence-corrected chi connectivity index (χ4v) is 1.61. The largest absolute Gasteiger partial charge is 0.368 e. The molecule has 9 heteroatoms. The number of nitrogens with zero attached hydrogens (tertiary/aromatic N) is 7. The summed E-state index contributed by atoms with van der Waals surface area (Å²) in [5.41, 5.74) is 6.95. The van der Waals surface area contributed by atoms with Crippen molar-refractivity contribution in [3.63, 3.8) is 0 Å². The molecule has 3 aromatic rings. The molecule has 0 radical (unpaired) electrons. The molecule has 3 rings (SSSR count). The molecule has 2 aromatic heterocycles. The van der Waals surface area contributed by atoms with Crippen molar-refractivity contribution in [1.82, 2.24) is 29.7 Å². The summed E-state index contributed by atoms with van der Waals surface area (Å²) in [6, 6.07) is 8.91. The smallest absolute Gasteiger partial charge is 0.258 e. The standard InChI is InChI=1S/C12H9N9/c13-5-8-1-3-9(4-2-8)17-11-18-10(14)19-12(20-11)21-7-15-6-16-21/h1-4,6-7H,(H3,14,17,18,19,20). The zero-order chi connectivity index (χ0) is 14.7. The van der Waals surface area contributed by atoms with Crippen LogP contribution in [0, 0.1) is 11.3 Å². The lowest BCUT2D eigenvalue weighted by Crippen LogP contribution is -2.09. The first-order chi connectivity index (χ1) is 10.2. The maximum absolute atomic E-state index is 8.76. The van der Waals surface area contributed by atoms with Gasteiger partial charge in [-0.15, -0.1) is 0 Å². The van der Waals surface area contributed by atoms with Crippen LogP contribution in [0.2, 0.25) is 0 Å². The lowest BCUT2D eigenvalue weighted by atomic mass is 10.2. The van der Waals surface area contributed by atoms with Crippen molar-refractivity contribution in [2.75, 3.05) is 11.1 Å². The Bertz CT molecular complexity index is 787. The Hall–Kier alpha value is -3.54. The summed E-state index contributed by atoms with van der Waals surface area (Å²) in [6.45, 7) is 0. The second-order valence-electron chi connectivity index (χ2n) is 3.97. The van der Waals surface area contributed by atoms with E-state index in [0.29, 0.717) is 5.56 Å². The Balaban J connectivity index is 1.90. The zero-order valence-corrected chi connectivity index (χ0v) is 10.7. The van der Waals surface area contributed by atoms with Crippen LogP contribution in [0.5, 0.6) is 0 Å². The topological polar surface area (TPSA) is 131 Å². The van der Waals surface area contributed by atoms with E-state index in [9.17, 15) is 0 Å². The van der Waals surface area contributed by atoms with Crippen molar-refractivity contribution in [2.45, 2.75) is 0 Å². The van der Waals surface area contributed by atoms with Crippen LogP contribution in [0.1, 0.15) is 5.56 Å². The fourth-order valence-electron chi connectivity index (χ4n) is 1.61. The van der Waals surface area contributed by atoms with Gasteiger partial charge in [0.15, 0.2) is 0 Å². The second-order valence-corrected chi connectivity index (χ2v) is 3.97. The average molecular weight is 279 g/mol. The predicted octanol–water partition coefficient (Wildman–Crippen LogP) is 0.650. The van der Waals surface area contributed by atoms with E-state index >= 15 is 0 Å². The third-order valence-corrected chi connectivity index (χ3v) is 2.53. The molecule has 2 heterocycles. The Morgan fingerprint density at radius 3 is 2.62 bits per heavy atom. The Morgan fingerprint density at radius 2 is 1.95 bits per heavy atom. The number of nitrogen functional groups attached to an aromatic ring is 1. The monoisotopic (exact) mass is 279 g/mol. The van der Waals surface area contributed by atoms with Crippen LogP contribution < -0.4 is 11.1 Å². The SMILES string of the molecule is N#Cc1ccc(Nc2nc(N)nc(-n3cncn3)n2)cc1. The minimum Gasteiger partial charge on any atom is -0.368 e. The number of anilines is 3. The van der Waals surface area contributed by atoms with E-state index in [1.807, 2.05) is 6.07 Å². The molecule has 0 saturated carbocycles. The summed E-state index contributed by atoms with van der Waals surface area (Å²) in [6.07, 6.45) is 2.83. The van der Waals surface area contributed by atoms with Crippen LogP contribution >= 0.6 is 0 Å². The Kier molecular flexibility index (Phi) is 3.10. The molecule has 0 amide bonds. The van der Waals surface area contributed by atoms with Gasteiger partial charge in [0.1, 0.15) is 12.7 Å². The van der Waals surface area contributed by atoms with Gasteiger partial charge in [-0.3, -0.25) is 0 Å². The van der Waals surface area contributed by atoms with E-state index in [-0.39, 0.29) is 17.8 Å². The van der Waals surface area contributed by atoms with E-state index in [0.717, 1.165) is 5.69 Å². The number of aromatic nitrogens is 6. The zero-order valence-electron chi connectivity index (χ0n) is 10.7. The number of nitriles is 1. The van der Waals surface area contributed by atoms with Gasteiger partial charge >= 0.3 is 0 Å². The molecular weight excluding hydrogens is 270 g/mol. The molecule has 21 heavy (non-hydrogen) atoms. The van der Waals surface area contributed by atoms with E-state index in [1.54, 1.807) is 24.3 Å². The van der Waals surface area contributed by atoms with Crippen LogP contribution in [0.4, 0.5) is 17.6 Å². The van der Waals surface area contributed by atoms with Crippen LogP contribution in [0.3, 0.4) is 0 Å². The summed E-state index contributed by atoms with van der Waals surface area (Å²) in [5.74, 6) is 0.598. The highest BCUT2D eigenvalue weighted by Crippen LogP contribution is 2.15. The molecule has 0 aliphatic heterocycles. The molecule has 0 aliphatic carbocycles. The first-order valence-corrected chi connectivity index (χ1v) is 5.88. The van der Waals surface area contributed by atoms with Gasteiger partial charge in [0.25, 0.3) is 5.95 Å². The van der Waals surface area contributed by atoms with Crippen LogP contribution in [0.25, 0.3) is 5.95 Å². The third kappa shape index (κ3) is 2.74. The molecule has 0 saturated heterocycles. The van der Waals surface area contributed by atoms with Crippen LogP contribution in [-0.4, -0.2) is 29.7 Å². The minimum absolute atomic E-state index is 0.0617. The van der Waals surface area contributed by atoms with Crippen molar-refractivity contribution < 1.29 is 0 Å². The maximum atomic E-state index is 8.76. The summed E-state index contributed by atoms with van der Waals surface area (Å²) < 4.78 is 1.38. The van der Waals surface area contributed by atoms with Crippen molar-refractivity contribution in [1.29, 1.82) is 5.26 Å². The van der Waals surface area contributed by atoms with Crippen molar-refractivity contribution in [3.05, 3.63) is 42.5 Å². The second kappa shape index (κ2) is 5.22. The quantitative estimate of drug-likeness (QED) is 0.714. The molecule has 0 bridgehead atoms. The van der Waals surface area contributed by atoms with E-state index in [2.05, 4.69) is 30.4 Å². The first-order valence-electron chi connectivity index (χ1n) is 5.88. The molecule has 3 N–H and O–H groups in total. The third-order valence-electron chi connectivity index (χ3n) is 2.53. The summed E-state index contributed by atoms with van der Waals surface area (Å²) in [5, 5.41) is 15.7. The molecule has 102 valence electrons. The van der Waals surface area contributed by atoms with Gasteiger partial charge in [-0.1, -0.05) is 0 Å². The van der Waals surface area contributed by atoms with Gasteiger partial charge in [0.05, 0.1) is 11.6 Å². The normalized spacial score (nSPS) is 10.0. The molecule has 9 nitrogen and oxygen atoms in total. The maximum Gasteiger partial charge on any atom is 0.258 e. The van der Waals surface area contributed by atoms with Crippen LogP contribution in [0.15, 0.2) is 36.9 Å². The lowest BCUT2D eigenvalue weighted by molar-refractivity contribution is 0.800. The number of nitrogens with two attached hydrogens (primary N) is 1. The molecule has 1 aromatic carbocycles. The van der Waals surface area contributed by atoms with Crippen molar-refractivity contribution in [3.8, 4) is 12.0 Å². The van der Waals surface area contributed by atoms with E-state index in [4.69, 9.17) is 11.0 Å². The fraction of sp³-hybridized carbons (Fsp3) is 0. The van der Waals surface area contributed by atoms with Crippen molar-refractivity contribution >= 4 is 17.6 Å². The highest BCUT2D eigenvalue weighted by Gasteiger charge is 2.07. The molecular formula is C12H9N9. The summed E-state index contributed by atoms with van der Waals surface area (Å²) >= 11 is 0. The Morgan fingerprint density at radius 1 is 1.14 bits per heavy atom. The number of rotatable bonds is 3. The summed E-state index contributed by atoms with van der Waals surface area (Å²) in [4.78, 5) is 16.0. The number of nitrogens with one attached hydrogen (secondary N) is 1. The molecule has 0 fully saturated rings. The van der Waals surface area contributed by atoms with Gasteiger partial charge in [-0.05, 0) is 24.3 Å². The van der Waals surface area contributed by atoms with Crippen molar-refractivity contribution in [2.24, 2.45) is 0 Å². The highest BCUT2D eigenvalue weighted by atomic mass is 15.4. The average Bonchev–Trinajstić information content (AvgIpc) is 3.02. The van der Waals surface area contributed by atoms with Gasteiger partial charge in [-0.25, -0.2) is 4.98 Å². The van der Waals surface area contributed by atoms with Gasteiger partial charge in [0, 0.05) is 5.69 Å². The number of hydrogen-bond acceptors (Lipinski definition) is 8. The van der Waals surface area contributed by atoms with Gasteiger partial charge < -0.3 is 11.1 Å². The first kappa shape index (κ1) is 12.5. The number of hydrogen-bond donors (Lipinski definition) is 2. The number of benzene rings is 1. The molecule has 0 spiro atoms. The highest BCUT2D eigenvalue weighted by molar-refractivity contribution is 5.55. The molecule has 0 unspecified atom stereocenters. The summed E-state index contributed by atoms with van der Waals surface area (Å²) in [7, 11) is 0. The predicted molar refractivity (Wildman–Crippen MR) is 73.6 cm³/mol. The minimum atomic E-state index is 0.0617. The Labute approximate surface area is 119 Å². The molecule has 0 atom stereocenters. The van der Waals surface area contributed by atoms with Gasteiger partial charge in [-0.2, -0.15) is 30.0 Å². The lowest BCUT2D eigenvalue weighted by Gasteiger charge is -2.06. The van der Waals surface area contributed by atoms with E-state index < -0.39 is 0 Å². The van der Waals surface area contributed by atoms with Crippen LogP contribution in [-0.2, 0) is 0 Å².